The third-order valence-corrected chi connectivity index (χ3v) is 5.71. The summed E-state index contributed by atoms with van der Waals surface area (Å²) in [5, 5.41) is 6.15. The van der Waals surface area contributed by atoms with Crippen LogP contribution in [0, 0.1) is 11.7 Å². The van der Waals surface area contributed by atoms with Gasteiger partial charge in [0.1, 0.15) is 11.6 Å². The predicted molar refractivity (Wildman–Crippen MR) is 124 cm³/mol. The molecule has 2 aromatic heterocycles. The Morgan fingerprint density at radius 3 is 2.56 bits per heavy atom. The maximum atomic E-state index is 14.7. The summed E-state index contributed by atoms with van der Waals surface area (Å²) in [5.74, 6) is -0.266. The van der Waals surface area contributed by atoms with Crippen LogP contribution < -0.4 is 27.0 Å². The van der Waals surface area contributed by atoms with Crippen LogP contribution in [-0.4, -0.2) is 54.3 Å². The van der Waals surface area contributed by atoms with E-state index in [0.717, 1.165) is 31.4 Å². The van der Waals surface area contributed by atoms with Gasteiger partial charge in [-0.05, 0) is 31.0 Å². The van der Waals surface area contributed by atoms with E-state index in [-0.39, 0.29) is 35.2 Å². The van der Waals surface area contributed by atoms with Gasteiger partial charge in [-0.15, -0.1) is 0 Å². The molecule has 2 aromatic rings. The number of nitrogens with zero attached hydrogens (tertiary/aromatic N) is 3. The average molecular weight is 446 g/mol. The molecule has 0 aliphatic carbocycles. The highest BCUT2D eigenvalue weighted by Crippen LogP contribution is 2.26. The van der Waals surface area contributed by atoms with E-state index in [0.29, 0.717) is 18.9 Å². The number of halogens is 1. The fraction of sp³-hybridized carbons (Fsp3) is 0.500. The van der Waals surface area contributed by atoms with Gasteiger partial charge >= 0.3 is 0 Å². The molecule has 3 heterocycles. The third kappa shape index (κ3) is 5.63. The highest BCUT2D eigenvalue weighted by molar-refractivity contribution is 5.98. The van der Waals surface area contributed by atoms with Gasteiger partial charge in [0.15, 0.2) is 11.6 Å². The Hall–Kier alpha value is -2.98. The molecule has 0 aromatic carbocycles. The van der Waals surface area contributed by atoms with Crippen LogP contribution in [0.25, 0.3) is 0 Å². The molecule has 0 saturated carbocycles. The van der Waals surface area contributed by atoms with Gasteiger partial charge in [0.25, 0.3) is 5.91 Å². The maximum absolute atomic E-state index is 14.7. The van der Waals surface area contributed by atoms with E-state index in [9.17, 15) is 9.18 Å². The predicted octanol–water partition coefficient (Wildman–Crippen LogP) is 2.47. The summed E-state index contributed by atoms with van der Waals surface area (Å²) >= 11 is 0. The molecule has 10 heteroatoms. The standard InChI is InChI=1S/C22H32FN7O2/c1-4-13(2)19(14(3)24)28-22-17(23)11-16(20(25)31)21(29-22)27-15-5-6-18(26-12-15)30-7-9-32-10-8-30/h5-6,11-14,19H,4,7-10,24H2,1-3H3,(H2,25,31)(H2,27,28,29)/t13?,14-,19+/m0/s1. The zero-order valence-corrected chi connectivity index (χ0v) is 18.8. The fourth-order valence-corrected chi connectivity index (χ4v) is 3.65. The second-order valence-corrected chi connectivity index (χ2v) is 8.12. The number of anilines is 4. The number of carbonyl (C=O) groups is 1. The van der Waals surface area contributed by atoms with Crippen LogP contribution in [0.1, 0.15) is 37.6 Å². The van der Waals surface area contributed by atoms with E-state index < -0.39 is 11.7 Å². The van der Waals surface area contributed by atoms with Crippen molar-refractivity contribution in [2.24, 2.45) is 17.4 Å². The lowest BCUT2D eigenvalue weighted by Crippen LogP contribution is -2.43. The molecule has 3 atom stereocenters. The van der Waals surface area contributed by atoms with Gasteiger partial charge in [0, 0.05) is 25.2 Å². The molecule has 1 unspecified atom stereocenters. The summed E-state index contributed by atoms with van der Waals surface area (Å²) in [5.41, 5.74) is 12.1. The monoisotopic (exact) mass is 445 g/mol. The Kier molecular flexibility index (Phi) is 7.81. The SMILES string of the molecule is CCC(C)[C@@H](Nc1nc(Nc2ccc(N3CCOCC3)nc2)c(C(N)=O)cc1F)[C@H](C)N. The Labute approximate surface area is 187 Å². The van der Waals surface area contributed by atoms with E-state index in [2.05, 4.69) is 25.5 Å². The molecule has 1 aliphatic rings. The van der Waals surface area contributed by atoms with Crippen LogP contribution >= 0.6 is 0 Å². The molecule has 3 rings (SSSR count). The van der Waals surface area contributed by atoms with Crippen LogP contribution in [0.5, 0.6) is 0 Å². The number of hydrogen-bond acceptors (Lipinski definition) is 8. The first-order valence-corrected chi connectivity index (χ1v) is 10.9. The van der Waals surface area contributed by atoms with Gasteiger partial charge in [-0.25, -0.2) is 14.4 Å². The zero-order chi connectivity index (χ0) is 23.3. The zero-order valence-electron chi connectivity index (χ0n) is 18.8. The highest BCUT2D eigenvalue weighted by Gasteiger charge is 2.24. The summed E-state index contributed by atoms with van der Waals surface area (Å²) in [6.07, 6.45) is 2.50. The van der Waals surface area contributed by atoms with E-state index in [4.69, 9.17) is 16.2 Å². The van der Waals surface area contributed by atoms with Crippen molar-refractivity contribution in [3.8, 4) is 0 Å². The summed E-state index contributed by atoms with van der Waals surface area (Å²) in [7, 11) is 0. The van der Waals surface area contributed by atoms with Gasteiger partial charge in [-0.2, -0.15) is 0 Å². The Bertz CT molecular complexity index is 917. The second kappa shape index (κ2) is 10.6. The van der Waals surface area contributed by atoms with Crippen molar-refractivity contribution in [2.45, 2.75) is 39.3 Å². The van der Waals surface area contributed by atoms with Crippen molar-refractivity contribution in [1.82, 2.24) is 9.97 Å². The molecule has 6 N–H and O–H groups in total. The van der Waals surface area contributed by atoms with Gasteiger partial charge in [-0.1, -0.05) is 20.3 Å². The van der Waals surface area contributed by atoms with Crippen molar-refractivity contribution in [3.05, 3.63) is 35.8 Å². The molecule has 0 spiro atoms. The van der Waals surface area contributed by atoms with Crippen molar-refractivity contribution in [2.75, 3.05) is 41.8 Å². The molecule has 1 aliphatic heterocycles. The second-order valence-electron chi connectivity index (χ2n) is 8.12. The van der Waals surface area contributed by atoms with Crippen molar-refractivity contribution in [1.29, 1.82) is 0 Å². The largest absolute Gasteiger partial charge is 0.378 e. The summed E-state index contributed by atoms with van der Waals surface area (Å²) in [4.78, 5) is 22.9. The molecule has 0 bridgehead atoms. The number of amides is 1. The third-order valence-electron chi connectivity index (χ3n) is 5.71. The molecular weight excluding hydrogens is 413 g/mol. The van der Waals surface area contributed by atoms with E-state index >= 15 is 0 Å². The number of pyridine rings is 2. The number of ether oxygens (including phenoxy) is 1. The van der Waals surface area contributed by atoms with E-state index in [1.807, 2.05) is 32.9 Å². The Morgan fingerprint density at radius 1 is 1.28 bits per heavy atom. The summed E-state index contributed by atoms with van der Waals surface area (Å²) in [6.45, 7) is 8.82. The number of nitrogens with one attached hydrogen (secondary N) is 2. The van der Waals surface area contributed by atoms with Crippen LogP contribution in [0.4, 0.5) is 27.5 Å². The lowest BCUT2D eigenvalue weighted by atomic mass is 9.94. The number of carbonyl (C=O) groups excluding carboxylic acids is 1. The average Bonchev–Trinajstić information content (AvgIpc) is 2.79. The van der Waals surface area contributed by atoms with Crippen LogP contribution in [0.15, 0.2) is 24.4 Å². The van der Waals surface area contributed by atoms with Crippen LogP contribution in [0.2, 0.25) is 0 Å². The summed E-state index contributed by atoms with van der Waals surface area (Å²) < 4.78 is 20.1. The first kappa shape index (κ1) is 23.7. The van der Waals surface area contributed by atoms with Gasteiger partial charge in [-0.3, -0.25) is 4.79 Å². The summed E-state index contributed by atoms with van der Waals surface area (Å²) in [6, 6.07) is 4.36. The highest BCUT2D eigenvalue weighted by atomic mass is 19.1. The first-order valence-electron chi connectivity index (χ1n) is 10.9. The quantitative estimate of drug-likeness (QED) is 0.463. The first-order chi connectivity index (χ1) is 15.3. The van der Waals surface area contributed by atoms with Crippen molar-refractivity contribution in [3.63, 3.8) is 0 Å². The molecule has 0 radical (unpaired) electrons. The molecule has 1 amide bonds. The molecule has 174 valence electrons. The van der Waals surface area contributed by atoms with Gasteiger partial charge in [0.2, 0.25) is 0 Å². The van der Waals surface area contributed by atoms with Crippen molar-refractivity contribution < 1.29 is 13.9 Å². The maximum Gasteiger partial charge on any atom is 0.252 e. The number of hydrogen-bond donors (Lipinski definition) is 4. The molecule has 32 heavy (non-hydrogen) atoms. The number of primary amides is 1. The molecule has 1 saturated heterocycles. The van der Waals surface area contributed by atoms with E-state index in [1.54, 1.807) is 6.20 Å². The number of morpholine rings is 1. The fourth-order valence-electron chi connectivity index (χ4n) is 3.65. The minimum absolute atomic E-state index is 0.0120. The Morgan fingerprint density at radius 2 is 2.00 bits per heavy atom. The van der Waals surface area contributed by atoms with Crippen LogP contribution in [-0.2, 0) is 4.74 Å². The smallest absolute Gasteiger partial charge is 0.252 e. The minimum atomic E-state index is -0.783. The molecule has 1 fully saturated rings. The normalized spacial score (nSPS) is 16.8. The van der Waals surface area contributed by atoms with Crippen molar-refractivity contribution >= 4 is 29.0 Å². The Balaban J connectivity index is 1.86. The molecule has 9 nitrogen and oxygen atoms in total. The topological polar surface area (TPSA) is 131 Å². The number of rotatable bonds is 9. The molecular formula is C22H32FN7O2. The number of nitrogens with two attached hydrogens (primary N) is 2. The van der Waals surface area contributed by atoms with Crippen LogP contribution in [0.3, 0.4) is 0 Å². The van der Waals surface area contributed by atoms with Gasteiger partial charge < -0.3 is 31.7 Å². The number of aromatic nitrogens is 2. The van der Waals surface area contributed by atoms with E-state index in [1.165, 1.54) is 0 Å². The van der Waals surface area contributed by atoms with Gasteiger partial charge in [0.05, 0.1) is 30.7 Å². The lowest BCUT2D eigenvalue weighted by molar-refractivity contribution is 0.100. The minimum Gasteiger partial charge on any atom is -0.378 e. The lowest BCUT2D eigenvalue weighted by Gasteiger charge is -2.28.